The Bertz CT molecular complexity index is 1050. The van der Waals surface area contributed by atoms with E-state index in [1.165, 1.54) is 6.07 Å². The smallest absolute Gasteiger partial charge is 0.339 e. The van der Waals surface area contributed by atoms with Crippen LogP contribution in [0.3, 0.4) is 0 Å². The van der Waals surface area contributed by atoms with Crippen molar-refractivity contribution in [2.24, 2.45) is 0 Å². The van der Waals surface area contributed by atoms with E-state index in [0.717, 1.165) is 27.6 Å². The van der Waals surface area contributed by atoms with Gasteiger partial charge in [-0.1, -0.05) is 23.7 Å². The van der Waals surface area contributed by atoms with Crippen molar-refractivity contribution in [2.45, 2.75) is 25.7 Å². The lowest BCUT2D eigenvalue weighted by Crippen LogP contribution is -2.10. The average molecular weight is 391 g/mol. The molecule has 4 nitrogen and oxygen atoms in total. The molecule has 0 saturated carbocycles. The summed E-state index contributed by atoms with van der Waals surface area (Å²) < 4.78 is 36.1. The summed E-state index contributed by atoms with van der Waals surface area (Å²) in [6.07, 6.45) is 0. The fourth-order valence-corrected chi connectivity index (χ4v) is 3.80. The van der Waals surface area contributed by atoms with Crippen molar-refractivity contribution >= 4 is 32.5 Å². The van der Waals surface area contributed by atoms with Gasteiger partial charge in [0, 0.05) is 5.02 Å². The van der Waals surface area contributed by atoms with Gasteiger partial charge in [0.05, 0.1) is 6.61 Å². The second-order valence-electron chi connectivity index (χ2n) is 6.01. The molecule has 0 aliphatic rings. The topological polar surface area (TPSA) is 52.6 Å². The Labute approximate surface area is 158 Å². The summed E-state index contributed by atoms with van der Waals surface area (Å²) >= 11 is 6.12. The van der Waals surface area contributed by atoms with Gasteiger partial charge < -0.3 is 8.92 Å². The third-order valence-corrected chi connectivity index (χ3v) is 5.84. The van der Waals surface area contributed by atoms with Gasteiger partial charge in [-0.25, -0.2) is 0 Å². The molecule has 0 aliphatic heterocycles. The summed E-state index contributed by atoms with van der Waals surface area (Å²) in [6, 6.07) is 13.6. The maximum atomic E-state index is 12.6. The second kappa shape index (κ2) is 7.17. The first kappa shape index (κ1) is 18.5. The van der Waals surface area contributed by atoms with Gasteiger partial charge in [0.2, 0.25) is 0 Å². The number of ether oxygens (including phenoxy) is 1. The highest BCUT2D eigenvalue weighted by Gasteiger charge is 2.18. The van der Waals surface area contributed by atoms with Crippen LogP contribution >= 0.6 is 11.6 Å². The molecule has 6 heteroatoms. The van der Waals surface area contributed by atoms with Crippen LogP contribution in [0.4, 0.5) is 0 Å². The standard InChI is InChI=1S/C20H19ClO4S/c1-4-24-17-7-5-16-12-19(8-6-15(16)11-17)26(22,23)25-18-9-13(2)20(21)14(3)10-18/h5-12H,4H2,1-3H3. The molecule has 0 bridgehead atoms. The van der Waals surface area contributed by atoms with E-state index in [9.17, 15) is 8.42 Å². The average Bonchev–Trinajstić information content (AvgIpc) is 2.59. The molecule has 0 radical (unpaired) electrons. The van der Waals surface area contributed by atoms with Crippen molar-refractivity contribution < 1.29 is 17.3 Å². The molecule has 136 valence electrons. The molecule has 0 amide bonds. The lowest BCUT2D eigenvalue weighted by molar-refractivity contribution is 0.341. The van der Waals surface area contributed by atoms with Crippen LogP contribution in [0.5, 0.6) is 11.5 Å². The van der Waals surface area contributed by atoms with E-state index in [1.54, 1.807) is 38.1 Å². The minimum atomic E-state index is -3.95. The molecule has 0 saturated heterocycles. The number of aryl methyl sites for hydroxylation is 2. The maximum absolute atomic E-state index is 12.6. The van der Waals surface area contributed by atoms with E-state index in [-0.39, 0.29) is 10.6 Å². The SMILES string of the molecule is CCOc1ccc2cc(S(=O)(=O)Oc3cc(C)c(Cl)c(C)c3)ccc2c1. The summed E-state index contributed by atoms with van der Waals surface area (Å²) in [5.74, 6) is 0.996. The van der Waals surface area contributed by atoms with Gasteiger partial charge in [-0.2, -0.15) is 8.42 Å². The molecule has 0 aliphatic carbocycles. The Morgan fingerprint density at radius 2 is 1.50 bits per heavy atom. The molecule has 3 rings (SSSR count). The molecule has 3 aromatic rings. The minimum Gasteiger partial charge on any atom is -0.494 e. The van der Waals surface area contributed by atoms with Gasteiger partial charge in [0.25, 0.3) is 0 Å². The molecule has 3 aromatic carbocycles. The summed E-state index contributed by atoms with van der Waals surface area (Å²) in [5, 5.41) is 2.29. The molecular weight excluding hydrogens is 372 g/mol. The number of halogens is 1. The summed E-state index contributed by atoms with van der Waals surface area (Å²) in [7, 11) is -3.95. The number of hydrogen-bond acceptors (Lipinski definition) is 4. The van der Waals surface area contributed by atoms with Gasteiger partial charge in [-0.3, -0.25) is 0 Å². The number of fused-ring (bicyclic) bond motifs is 1. The van der Waals surface area contributed by atoms with Crippen LogP contribution in [0.25, 0.3) is 10.8 Å². The van der Waals surface area contributed by atoms with Crippen LogP contribution < -0.4 is 8.92 Å². The van der Waals surface area contributed by atoms with Crippen LogP contribution in [0.1, 0.15) is 18.1 Å². The van der Waals surface area contributed by atoms with E-state index in [2.05, 4.69) is 0 Å². The molecule has 0 aromatic heterocycles. The third-order valence-electron chi connectivity index (χ3n) is 4.00. The number of hydrogen-bond donors (Lipinski definition) is 0. The van der Waals surface area contributed by atoms with Crippen molar-refractivity contribution in [3.05, 3.63) is 64.7 Å². The molecule has 0 fully saturated rings. The Morgan fingerprint density at radius 1 is 0.885 bits per heavy atom. The quantitative estimate of drug-likeness (QED) is 0.556. The zero-order valence-corrected chi connectivity index (χ0v) is 16.3. The summed E-state index contributed by atoms with van der Waals surface area (Å²) in [4.78, 5) is 0.0967. The lowest BCUT2D eigenvalue weighted by atomic mass is 10.1. The van der Waals surface area contributed by atoms with E-state index < -0.39 is 10.1 Å². The zero-order chi connectivity index (χ0) is 18.9. The highest BCUT2D eigenvalue weighted by Crippen LogP contribution is 2.29. The molecule has 0 heterocycles. The van der Waals surface area contributed by atoms with Gasteiger partial charge >= 0.3 is 10.1 Å². The second-order valence-corrected chi connectivity index (χ2v) is 7.94. The van der Waals surface area contributed by atoms with E-state index in [4.69, 9.17) is 20.5 Å². The van der Waals surface area contributed by atoms with Gasteiger partial charge in [0.1, 0.15) is 16.4 Å². The van der Waals surface area contributed by atoms with Crippen LogP contribution in [0, 0.1) is 13.8 Å². The first-order valence-electron chi connectivity index (χ1n) is 8.18. The molecule has 26 heavy (non-hydrogen) atoms. The monoisotopic (exact) mass is 390 g/mol. The summed E-state index contributed by atoms with van der Waals surface area (Å²) in [6.45, 7) is 6.10. The van der Waals surface area contributed by atoms with Crippen LogP contribution in [0.15, 0.2) is 53.4 Å². The molecule has 0 atom stereocenters. The van der Waals surface area contributed by atoms with E-state index >= 15 is 0 Å². The fraction of sp³-hybridized carbons (Fsp3) is 0.200. The predicted octanol–water partition coefficient (Wildman–Crippen LogP) is 5.28. The van der Waals surface area contributed by atoms with Gasteiger partial charge in [-0.15, -0.1) is 0 Å². The molecule has 0 spiro atoms. The van der Waals surface area contributed by atoms with E-state index in [1.807, 2.05) is 25.1 Å². The highest BCUT2D eigenvalue weighted by atomic mass is 35.5. The number of rotatable bonds is 5. The third kappa shape index (κ3) is 3.79. The fourth-order valence-electron chi connectivity index (χ4n) is 2.74. The Balaban J connectivity index is 1.95. The van der Waals surface area contributed by atoms with Crippen LogP contribution in [0.2, 0.25) is 5.02 Å². The normalized spacial score (nSPS) is 11.5. The first-order chi connectivity index (χ1) is 12.3. The van der Waals surface area contributed by atoms with Crippen molar-refractivity contribution in [1.82, 2.24) is 0 Å². The van der Waals surface area contributed by atoms with Gasteiger partial charge in [0.15, 0.2) is 0 Å². The molecule has 0 unspecified atom stereocenters. The van der Waals surface area contributed by atoms with Crippen molar-refractivity contribution in [3.8, 4) is 11.5 Å². The maximum Gasteiger partial charge on any atom is 0.339 e. The number of benzene rings is 3. The Morgan fingerprint density at radius 3 is 2.15 bits per heavy atom. The van der Waals surface area contributed by atoms with Crippen LogP contribution in [-0.2, 0) is 10.1 Å². The first-order valence-corrected chi connectivity index (χ1v) is 9.96. The van der Waals surface area contributed by atoms with Gasteiger partial charge in [-0.05, 0) is 79.1 Å². The minimum absolute atomic E-state index is 0.0967. The lowest BCUT2D eigenvalue weighted by Gasteiger charge is -2.11. The molecular formula is C20H19ClO4S. The predicted molar refractivity (Wildman–Crippen MR) is 104 cm³/mol. The van der Waals surface area contributed by atoms with Crippen molar-refractivity contribution in [1.29, 1.82) is 0 Å². The largest absolute Gasteiger partial charge is 0.494 e. The van der Waals surface area contributed by atoms with Crippen LogP contribution in [-0.4, -0.2) is 15.0 Å². The van der Waals surface area contributed by atoms with Crippen molar-refractivity contribution in [2.75, 3.05) is 6.61 Å². The molecule has 0 N–H and O–H groups in total. The zero-order valence-electron chi connectivity index (χ0n) is 14.7. The summed E-state index contributed by atoms with van der Waals surface area (Å²) in [5.41, 5.74) is 1.53. The Hall–Kier alpha value is -2.24. The highest BCUT2D eigenvalue weighted by molar-refractivity contribution is 7.87. The van der Waals surface area contributed by atoms with Crippen molar-refractivity contribution in [3.63, 3.8) is 0 Å². The van der Waals surface area contributed by atoms with E-state index in [0.29, 0.717) is 11.6 Å². The Kier molecular flexibility index (Phi) is 5.12.